The molecule has 3 nitrogen and oxygen atoms in total. The maximum atomic E-state index is 3.97. The summed E-state index contributed by atoms with van der Waals surface area (Å²) in [5.41, 5.74) is 1.25. The maximum absolute atomic E-state index is 3.97. The minimum atomic E-state index is 0.420. The lowest BCUT2D eigenvalue weighted by atomic mass is 10.1. The van der Waals surface area contributed by atoms with Crippen LogP contribution in [0, 0.1) is 5.92 Å². The second-order valence-corrected chi connectivity index (χ2v) is 4.54. The van der Waals surface area contributed by atoms with Crippen molar-refractivity contribution in [1.82, 2.24) is 15.5 Å². The van der Waals surface area contributed by atoms with Crippen LogP contribution in [-0.4, -0.2) is 16.2 Å². The highest BCUT2D eigenvalue weighted by molar-refractivity contribution is 5.08. The summed E-state index contributed by atoms with van der Waals surface area (Å²) in [5, 5.41) is 10.5. The van der Waals surface area contributed by atoms with Gasteiger partial charge in [-0.2, -0.15) is 5.10 Å². The number of rotatable bonds is 3. The average Bonchev–Trinajstić information content (AvgIpc) is 2.75. The molecule has 0 aromatic carbocycles. The van der Waals surface area contributed by atoms with E-state index in [1.807, 2.05) is 12.4 Å². The third kappa shape index (κ3) is 2.15. The van der Waals surface area contributed by atoms with Gasteiger partial charge in [-0.25, -0.2) is 0 Å². The highest BCUT2D eigenvalue weighted by Crippen LogP contribution is 2.26. The Bertz CT molecular complexity index is 268. The summed E-state index contributed by atoms with van der Waals surface area (Å²) < 4.78 is 0. The largest absolute Gasteiger partial charge is 0.307 e. The molecule has 14 heavy (non-hydrogen) atoms. The molecule has 3 unspecified atom stereocenters. The normalized spacial score (nSPS) is 29.3. The molecule has 3 atom stereocenters. The van der Waals surface area contributed by atoms with Gasteiger partial charge < -0.3 is 5.32 Å². The second-order valence-electron chi connectivity index (χ2n) is 4.54. The van der Waals surface area contributed by atoms with E-state index in [0.717, 1.165) is 5.92 Å². The molecule has 2 N–H and O–H groups in total. The van der Waals surface area contributed by atoms with Crippen molar-refractivity contribution < 1.29 is 0 Å². The summed E-state index contributed by atoms with van der Waals surface area (Å²) in [6.45, 7) is 4.54. The topological polar surface area (TPSA) is 40.7 Å². The number of hydrogen-bond acceptors (Lipinski definition) is 2. The van der Waals surface area contributed by atoms with Gasteiger partial charge in [0.05, 0.1) is 6.20 Å². The van der Waals surface area contributed by atoms with Crippen molar-refractivity contribution in [3.8, 4) is 0 Å². The van der Waals surface area contributed by atoms with E-state index in [0.29, 0.717) is 12.1 Å². The van der Waals surface area contributed by atoms with Crippen molar-refractivity contribution >= 4 is 0 Å². The lowest BCUT2D eigenvalue weighted by molar-refractivity contribution is 0.449. The zero-order valence-corrected chi connectivity index (χ0v) is 8.96. The molecule has 0 spiro atoms. The second kappa shape index (κ2) is 4.13. The van der Waals surface area contributed by atoms with Gasteiger partial charge in [-0.3, -0.25) is 5.10 Å². The summed E-state index contributed by atoms with van der Waals surface area (Å²) in [5.74, 6) is 0.893. The Hall–Kier alpha value is -0.830. The van der Waals surface area contributed by atoms with Crippen LogP contribution in [0.1, 0.15) is 44.7 Å². The van der Waals surface area contributed by atoms with Crippen molar-refractivity contribution in [2.45, 2.75) is 45.2 Å². The summed E-state index contributed by atoms with van der Waals surface area (Å²) in [4.78, 5) is 0. The van der Waals surface area contributed by atoms with Crippen LogP contribution in [0.4, 0.5) is 0 Å². The van der Waals surface area contributed by atoms with Crippen LogP contribution in [-0.2, 0) is 0 Å². The molecule has 3 heteroatoms. The molecule has 1 aliphatic rings. The van der Waals surface area contributed by atoms with Crippen molar-refractivity contribution in [2.24, 2.45) is 5.92 Å². The molecule has 1 aliphatic carbocycles. The number of aromatic nitrogens is 2. The Balaban J connectivity index is 1.86. The van der Waals surface area contributed by atoms with Gasteiger partial charge >= 0.3 is 0 Å². The fourth-order valence-electron chi connectivity index (χ4n) is 2.31. The summed E-state index contributed by atoms with van der Waals surface area (Å²) >= 11 is 0. The monoisotopic (exact) mass is 193 g/mol. The summed E-state index contributed by atoms with van der Waals surface area (Å²) in [6.07, 6.45) is 7.88. The van der Waals surface area contributed by atoms with E-state index < -0.39 is 0 Å². The van der Waals surface area contributed by atoms with Gasteiger partial charge in [0.25, 0.3) is 0 Å². The van der Waals surface area contributed by atoms with Crippen molar-refractivity contribution in [3.05, 3.63) is 18.0 Å². The van der Waals surface area contributed by atoms with Gasteiger partial charge in [-0.15, -0.1) is 0 Å². The van der Waals surface area contributed by atoms with Crippen LogP contribution in [0.15, 0.2) is 12.4 Å². The summed E-state index contributed by atoms with van der Waals surface area (Å²) in [6, 6.07) is 1.12. The van der Waals surface area contributed by atoms with Crippen LogP contribution < -0.4 is 5.32 Å². The van der Waals surface area contributed by atoms with Crippen LogP contribution in [0.3, 0.4) is 0 Å². The van der Waals surface area contributed by atoms with E-state index in [9.17, 15) is 0 Å². The molecule has 0 bridgehead atoms. The first kappa shape index (κ1) is 9.71. The predicted molar refractivity (Wildman–Crippen MR) is 56.9 cm³/mol. The van der Waals surface area contributed by atoms with Gasteiger partial charge in [-0.05, 0) is 32.1 Å². The molecule has 2 rings (SSSR count). The molecule has 0 aliphatic heterocycles. The van der Waals surface area contributed by atoms with Crippen LogP contribution >= 0.6 is 0 Å². The first-order chi connectivity index (χ1) is 6.75. The Morgan fingerprint density at radius 3 is 3.00 bits per heavy atom. The van der Waals surface area contributed by atoms with Crippen molar-refractivity contribution in [3.63, 3.8) is 0 Å². The van der Waals surface area contributed by atoms with E-state index >= 15 is 0 Å². The lowest BCUT2D eigenvalue weighted by Crippen LogP contribution is -2.29. The van der Waals surface area contributed by atoms with Crippen molar-refractivity contribution in [1.29, 1.82) is 0 Å². The molecule has 1 fully saturated rings. The van der Waals surface area contributed by atoms with E-state index in [1.54, 1.807) is 0 Å². The van der Waals surface area contributed by atoms with Crippen molar-refractivity contribution in [2.75, 3.05) is 0 Å². The van der Waals surface area contributed by atoms with E-state index in [2.05, 4.69) is 29.4 Å². The first-order valence-corrected chi connectivity index (χ1v) is 5.50. The van der Waals surface area contributed by atoms with Crippen LogP contribution in [0.2, 0.25) is 0 Å². The average molecular weight is 193 g/mol. The third-order valence-corrected chi connectivity index (χ3v) is 3.20. The molecule has 0 saturated heterocycles. The smallest absolute Gasteiger partial charge is 0.0534 e. The molecule has 78 valence electrons. The number of nitrogens with one attached hydrogen (secondary N) is 2. The zero-order chi connectivity index (χ0) is 9.97. The molecular formula is C11H19N3. The van der Waals surface area contributed by atoms with Gasteiger partial charge in [0.15, 0.2) is 0 Å². The third-order valence-electron chi connectivity index (χ3n) is 3.20. The number of aromatic amines is 1. The molecule has 1 aromatic rings. The van der Waals surface area contributed by atoms with Crippen LogP contribution in [0.5, 0.6) is 0 Å². The lowest BCUT2D eigenvalue weighted by Gasteiger charge is -2.18. The summed E-state index contributed by atoms with van der Waals surface area (Å²) in [7, 11) is 0. The maximum Gasteiger partial charge on any atom is 0.0534 e. The fraction of sp³-hybridized carbons (Fsp3) is 0.727. The zero-order valence-electron chi connectivity index (χ0n) is 8.96. The van der Waals surface area contributed by atoms with Crippen LogP contribution in [0.25, 0.3) is 0 Å². The van der Waals surface area contributed by atoms with E-state index in [-0.39, 0.29) is 0 Å². The Labute approximate surface area is 85.3 Å². The molecular weight excluding hydrogens is 174 g/mol. The molecule has 1 heterocycles. The minimum absolute atomic E-state index is 0.420. The Kier molecular flexibility index (Phi) is 2.87. The Morgan fingerprint density at radius 2 is 2.43 bits per heavy atom. The first-order valence-electron chi connectivity index (χ1n) is 5.50. The molecule has 1 saturated carbocycles. The minimum Gasteiger partial charge on any atom is -0.307 e. The molecule has 1 aromatic heterocycles. The highest BCUT2D eigenvalue weighted by Gasteiger charge is 2.22. The predicted octanol–water partition coefficient (Wildman–Crippen LogP) is 2.25. The van der Waals surface area contributed by atoms with Gasteiger partial charge in [0, 0.05) is 23.8 Å². The van der Waals surface area contributed by atoms with E-state index in [4.69, 9.17) is 0 Å². The molecule has 0 amide bonds. The quantitative estimate of drug-likeness (QED) is 0.773. The fourth-order valence-corrected chi connectivity index (χ4v) is 2.31. The molecule has 0 radical (unpaired) electrons. The Morgan fingerprint density at radius 1 is 1.57 bits per heavy atom. The SMILES string of the molecule is CC1CCC(NC(C)c2cn[nH]c2)C1. The highest BCUT2D eigenvalue weighted by atomic mass is 15.1. The number of H-pyrrole nitrogens is 1. The standard InChI is InChI=1S/C11H19N3/c1-8-3-4-11(5-8)14-9(2)10-6-12-13-7-10/h6-9,11,14H,3-5H2,1-2H3,(H,12,13). The van der Waals surface area contributed by atoms with Gasteiger partial charge in [0.2, 0.25) is 0 Å². The number of hydrogen-bond donors (Lipinski definition) is 2. The van der Waals surface area contributed by atoms with E-state index in [1.165, 1.54) is 24.8 Å². The number of nitrogens with zero attached hydrogens (tertiary/aromatic N) is 1. The van der Waals surface area contributed by atoms with Gasteiger partial charge in [0.1, 0.15) is 0 Å². The van der Waals surface area contributed by atoms with Gasteiger partial charge in [-0.1, -0.05) is 6.92 Å².